The Morgan fingerprint density at radius 1 is 1.12 bits per heavy atom. The molecule has 1 nitrogen and oxygen atoms in total. The van der Waals surface area contributed by atoms with Gasteiger partial charge in [-0.3, -0.25) is 0 Å². The predicted molar refractivity (Wildman–Crippen MR) is 78.9 cm³/mol. The molecule has 0 bridgehead atoms. The van der Waals surface area contributed by atoms with Gasteiger partial charge in [-0.25, -0.2) is 0 Å². The smallest absolute Gasteiger partial charge is 0.184 e. The third-order valence-electron chi connectivity index (χ3n) is 3.70. The molecular formula is C15H32OSi. The fourth-order valence-electron chi connectivity index (χ4n) is 2.90. The Bertz CT molecular complexity index is 207. The van der Waals surface area contributed by atoms with Crippen molar-refractivity contribution in [3.63, 3.8) is 0 Å². The molecule has 2 atom stereocenters. The van der Waals surface area contributed by atoms with E-state index in [-0.39, 0.29) is 0 Å². The van der Waals surface area contributed by atoms with Gasteiger partial charge in [-0.2, -0.15) is 0 Å². The fourth-order valence-corrected chi connectivity index (χ4v) is 4.12. The van der Waals surface area contributed by atoms with Crippen LogP contribution in [-0.4, -0.2) is 14.4 Å². The van der Waals surface area contributed by atoms with Gasteiger partial charge in [0.25, 0.3) is 0 Å². The highest BCUT2D eigenvalue weighted by atomic mass is 28.4. The van der Waals surface area contributed by atoms with E-state index in [2.05, 4.69) is 33.5 Å². The number of hydrogen-bond donors (Lipinski definition) is 0. The summed E-state index contributed by atoms with van der Waals surface area (Å²) in [5.41, 5.74) is 0. The predicted octanol–water partition coefficient (Wildman–Crippen LogP) is 5.22. The summed E-state index contributed by atoms with van der Waals surface area (Å²) < 4.78 is 6.39. The van der Waals surface area contributed by atoms with Gasteiger partial charge in [0.05, 0.1) is 0 Å². The van der Waals surface area contributed by atoms with Crippen LogP contribution in [0.3, 0.4) is 0 Å². The second-order valence-electron chi connectivity index (χ2n) is 7.14. The molecule has 2 heteroatoms. The van der Waals surface area contributed by atoms with Crippen molar-refractivity contribution in [3.8, 4) is 0 Å². The molecule has 0 heterocycles. The molecule has 0 aromatic carbocycles. The van der Waals surface area contributed by atoms with Gasteiger partial charge in [0, 0.05) is 6.10 Å². The average Bonchev–Trinajstić information content (AvgIpc) is 2.17. The van der Waals surface area contributed by atoms with Crippen LogP contribution in [0.5, 0.6) is 0 Å². The van der Waals surface area contributed by atoms with Crippen LogP contribution in [0.2, 0.25) is 19.6 Å². The lowest BCUT2D eigenvalue weighted by atomic mass is 9.83. The first-order valence-electron chi connectivity index (χ1n) is 7.56. The summed E-state index contributed by atoms with van der Waals surface area (Å²) in [5.74, 6) is 1.71. The van der Waals surface area contributed by atoms with Crippen LogP contribution in [0.15, 0.2) is 0 Å². The minimum atomic E-state index is -1.35. The standard InChI is InChI=1S/C15H32OSi/c1-13(2)9-8-11-14-10-6-7-12-15(14)16-17(3,4)5/h13-15H,6-12H2,1-5H3/t14-,15?/m1/s1. The molecule has 17 heavy (non-hydrogen) atoms. The Labute approximate surface area is 109 Å². The molecule has 1 rings (SSSR count). The summed E-state index contributed by atoms with van der Waals surface area (Å²) in [5, 5.41) is 0. The largest absolute Gasteiger partial charge is 0.414 e. The van der Waals surface area contributed by atoms with Crippen molar-refractivity contribution in [2.75, 3.05) is 0 Å². The molecule has 0 aliphatic heterocycles. The molecule has 0 radical (unpaired) electrons. The molecule has 1 unspecified atom stereocenters. The summed E-state index contributed by atoms with van der Waals surface area (Å²) in [4.78, 5) is 0. The lowest BCUT2D eigenvalue weighted by Gasteiger charge is -2.36. The molecule has 0 N–H and O–H groups in total. The fraction of sp³-hybridized carbons (Fsp3) is 1.00. The lowest BCUT2D eigenvalue weighted by Crippen LogP contribution is -2.38. The van der Waals surface area contributed by atoms with E-state index < -0.39 is 8.32 Å². The minimum absolute atomic E-state index is 0.586. The Kier molecular flexibility index (Phi) is 6.22. The van der Waals surface area contributed by atoms with Gasteiger partial charge in [0.1, 0.15) is 0 Å². The van der Waals surface area contributed by atoms with Crippen LogP contribution < -0.4 is 0 Å². The van der Waals surface area contributed by atoms with Crippen LogP contribution in [0.25, 0.3) is 0 Å². The van der Waals surface area contributed by atoms with Crippen LogP contribution in [0, 0.1) is 11.8 Å². The van der Waals surface area contributed by atoms with Gasteiger partial charge in [-0.05, 0) is 50.7 Å². The first-order chi connectivity index (χ1) is 7.88. The molecule has 1 aliphatic rings. The van der Waals surface area contributed by atoms with E-state index in [4.69, 9.17) is 4.43 Å². The van der Waals surface area contributed by atoms with Crippen molar-refractivity contribution in [1.82, 2.24) is 0 Å². The van der Waals surface area contributed by atoms with E-state index in [1.165, 1.54) is 44.9 Å². The van der Waals surface area contributed by atoms with E-state index in [0.29, 0.717) is 6.10 Å². The number of rotatable bonds is 6. The molecule has 1 saturated carbocycles. The molecule has 102 valence electrons. The highest BCUT2D eigenvalue weighted by Gasteiger charge is 2.29. The summed E-state index contributed by atoms with van der Waals surface area (Å²) in [6.07, 6.45) is 10.3. The summed E-state index contributed by atoms with van der Waals surface area (Å²) in [6, 6.07) is 0. The van der Waals surface area contributed by atoms with Crippen molar-refractivity contribution in [3.05, 3.63) is 0 Å². The first-order valence-corrected chi connectivity index (χ1v) is 11.0. The minimum Gasteiger partial charge on any atom is -0.414 e. The first kappa shape index (κ1) is 15.2. The molecule has 0 spiro atoms. The van der Waals surface area contributed by atoms with E-state index in [1.54, 1.807) is 0 Å². The highest BCUT2D eigenvalue weighted by Crippen LogP contribution is 2.32. The third kappa shape index (κ3) is 6.61. The highest BCUT2D eigenvalue weighted by molar-refractivity contribution is 6.69. The molecular weight excluding hydrogens is 224 g/mol. The van der Waals surface area contributed by atoms with Crippen molar-refractivity contribution >= 4 is 8.32 Å². The lowest BCUT2D eigenvalue weighted by molar-refractivity contribution is 0.0791. The Morgan fingerprint density at radius 2 is 1.76 bits per heavy atom. The van der Waals surface area contributed by atoms with E-state index in [1.807, 2.05) is 0 Å². The topological polar surface area (TPSA) is 9.23 Å². The monoisotopic (exact) mass is 256 g/mol. The van der Waals surface area contributed by atoms with Gasteiger partial charge in [-0.1, -0.05) is 39.5 Å². The Hall–Kier alpha value is 0.177. The Morgan fingerprint density at radius 3 is 2.35 bits per heavy atom. The zero-order valence-corrected chi connectivity index (χ0v) is 13.6. The van der Waals surface area contributed by atoms with E-state index in [9.17, 15) is 0 Å². The molecule has 0 aromatic rings. The maximum Gasteiger partial charge on any atom is 0.184 e. The molecule has 0 aromatic heterocycles. The summed E-state index contributed by atoms with van der Waals surface area (Å²) in [6.45, 7) is 11.6. The average molecular weight is 257 g/mol. The third-order valence-corrected chi connectivity index (χ3v) is 4.71. The normalized spacial score (nSPS) is 26.5. The van der Waals surface area contributed by atoms with E-state index in [0.717, 1.165) is 11.8 Å². The molecule has 1 fully saturated rings. The van der Waals surface area contributed by atoms with Gasteiger partial charge >= 0.3 is 0 Å². The van der Waals surface area contributed by atoms with Crippen LogP contribution in [0.4, 0.5) is 0 Å². The SMILES string of the molecule is CC(C)CCC[C@H]1CCCCC1O[Si](C)(C)C. The maximum absolute atomic E-state index is 6.39. The molecule has 0 saturated heterocycles. The maximum atomic E-state index is 6.39. The van der Waals surface area contributed by atoms with Crippen LogP contribution in [0.1, 0.15) is 58.8 Å². The summed E-state index contributed by atoms with van der Waals surface area (Å²) >= 11 is 0. The van der Waals surface area contributed by atoms with Gasteiger partial charge < -0.3 is 4.43 Å². The Balaban J connectivity index is 2.37. The van der Waals surface area contributed by atoms with Crippen LogP contribution in [-0.2, 0) is 4.43 Å². The number of hydrogen-bond acceptors (Lipinski definition) is 1. The second kappa shape index (κ2) is 6.94. The van der Waals surface area contributed by atoms with Crippen molar-refractivity contribution in [1.29, 1.82) is 0 Å². The van der Waals surface area contributed by atoms with Crippen molar-refractivity contribution in [2.45, 2.75) is 84.5 Å². The van der Waals surface area contributed by atoms with Gasteiger partial charge in [-0.15, -0.1) is 0 Å². The van der Waals surface area contributed by atoms with Crippen LogP contribution >= 0.6 is 0 Å². The zero-order chi connectivity index (χ0) is 12.9. The van der Waals surface area contributed by atoms with E-state index >= 15 is 0 Å². The second-order valence-corrected chi connectivity index (χ2v) is 11.6. The quantitative estimate of drug-likeness (QED) is 0.592. The zero-order valence-electron chi connectivity index (χ0n) is 12.6. The molecule has 1 aliphatic carbocycles. The van der Waals surface area contributed by atoms with Crippen molar-refractivity contribution in [2.24, 2.45) is 11.8 Å². The van der Waals surface area contributed by atoms with Gasteiger partial charge in [0.15, 0.2) is 8.32 Å². The molecule has 0 amide bonds. The van der Waals surface area contributed by atoms with Gasteiger partial charge in [0.2, 0.25) is 0 Å². The summed E-state index contributed by atoms with van der Waals surface area (Å²) in [7, 11) is -1.35. The van der Waals surface area contributed by atoms with Crippen molar-refractivity contribution < 1.29 is 4.43 Å².